The molecule has 1 amide bonds. The van der Waals surface area contributed by atoms with Crippen LogP contribution in [0.15, 0.2) is 12.1 Å². The van der Waals surface area contributed by atoms with Gasteiger partial charge in [-0.15, -0.1) is 0 Å². The average Bonchev–Trinajstić information content (AvgIpc) is 2.27. The summed E-state index contributed by atoms with van der Waals surface area (Å²) < 4.78 is 0. The van der Waals surface area contributed by atoms with E-state index in [1.54, 1.807) is 14.1 Å². The summed E-state index contributed by atoms with van der Waals surface area (Å²) in [6.07, 6.45) is 0.275. The molecule has 8 nitrogen and oxygen atoms in total. The number of hydrogen-bond acceptors (Lipinski definition) is 6. The molecule has 0 aliphatic heterocycles. The normalized spacial score (nSPS) is 9.89. The summed E-state index contributed by atoms with van der Waals surface area (Å²) in [7, 11) is 3.32. The fourth-order valence-corrected chi connectivity index (χ4v) is 1.25. The zero-order chi connectivity index (χ0) is 13.7. The Morgan fingerprint density at radius 3 is 2.78 bits per heavy atom. The zero-order valence-corrected chi connectivity index (χ0v) is 10.2. The Bertz CT molecular complexity index is 461. The van der Waals surface area contributed by atoms with Crippen molar-refractivity contribution >= 4 is 23.2 Å². The van der Waals surface area contributed by atoms with Gasteiger partial charge in [0.2, 0.25) is 5.91 Å². The van der Waals surface area contributed by atoms with Gasteiger partial charge < -0.3 is 16.0 Å². The van der Waals surface area contributed by atoms with E-state index in [4.69, 9.17) is 5.73 Å². The molecule has 8 heteroatoms. The number of carbonyl (C=O) groups is 1. The van der Waals surface area contributed by atoms with Crippen LogP contribution < -0.4 is 11.1 Å². The summed E-state index contributed by atoms with van der Waals surface area (Å²) in [5, 5.41) is 13.4. The van der Waals surface area contributed by atoms with Crippen molar-refractivity contribution in [1.82, 2.24) is 9.88 Å². The maximum Gasteiger partial charge on any atom is 0.276 e. The summed E-state index contributed by atoms with van der Waals surface area (Å²) in [5.41, 5.74) is 5.31. The summed E-state index contributed by atoms with van der Waals surface area (Å²) >= 11 is 0. The van der Waals surface area contributed by atoms with Crippen LogP contribution in [-0.4, -0.2) is 41.4 Å². The lowest BCUT2D eigenvalue weighted by Gasteiger charge is -2.10. The maximum atomic E-state index is 11.3. The van der Waals surface area contributed by atoms with Gasteiger partial charge in [-0.3, -0.25) is 14.9 Å². The van der Waals surface area contributed by atoms with E-state index in [9.17, 15) is 14.9 Å². The lowest BCUT2D eigenvalue weighted by Crippen LogP contribution is -2.24. The van der Waals surface area contributed by atoms with E-state index >= 15 is 0 Å². The molecule has 1 heterocycles. The first kappa shape index (κ1) is 13.7. The van der Waals surface area contributed by atoms with Crippen LogP contribution in [0.1, 0.15) is 6.42 Å². The van der Waals surface area contributed by atoms with Crippen LogP contribution in [0, 0.1) is 10.1 Å². The van der Waals surface area contributed by atoms with Crippen LogP contribution in [0.4, 0.5) is 17.3 Å². The number of hydrogen-bond donors (Lipinski definition) is 2. The number of pyridine rings is 1. The molecule has 0 aromatic carbocycles. The highest BCUT2D eigenvalue weighted by molar-refractivity contribution is 5.76. The van der Waals surface area contributed by atoms with Gasteiger partial charge in [0.05, 0.1) is 17.1 Å². The molecule has 0 aliphatic rings. The first-order chi connectivity index (χ1) is 8.40. The van der Waals surface area contributed by atoms with Gasteiger partial charge in [0, 0.05) is 27.1 Å². The summed E-state index contributed by atoms with van der Waals surface area (Å²) in [6.45, 7) is 0.338. The molecule has 1 aromatic heterocycles. The Morgan fingerprint density at radius 1 is 1.56 bits per heavy atom. The van der Waals surface area contributed by atoms with Gasteiger partial charge in [0.25, 0.3) is 5.69 Å². The van der Waals surface area contributed by atoms with Crippen molar-refractivity contribution < 1.29 is 9.72 Å². The third-order valence-corrected chi connectivity index (χ3v) is 2.18. The lowest BCUT2D eigenvalue weighted by molar-refractivity contribution is -0.384. The number of aromatic nitrogens is 1. The van der Waals surface area contributed by atoms with Crippen molar-refractivity contribution in [2.24, 2.45) is 0 Å². The second kappa shape index (κ2) is 5.80. The number of amides is 1. The number of nitrogen functional groups attached to an aromatic ring is 1. The Hall–Kier alpha value is -2.38. The monoisotopic (exact) mass is 253 g/mol. The van der Waals surface area contributed by atoms with E-state index in [1.165, 1.54) is 17.0 Å². The molecule has 0 atom stereocenters. The number of nitro groups is 1. The number of rotatable bonds is 5. The molecule has 0 fully saturated rings. The van der Waals surface area contributed by atoms with Crippen molar-refractivity contribution in [3.63, 3.8) is 0 Å². The van der Waals surface area contributed by atoms with Gasteiger partial charge in [-0.1, -0.05) is 0 Å². The fraction of sp³-hybridized carbons (Fsp3) is 0.400. The minimum atomic E-state index is -0.547. The third-order valence-electron chi connectivity index (χ3n) is 2.18. The molecule has 18 heavy (non-hydrogen) atoms. The number of carbonyl (C=O) groups excluding carboxylic acids is 1. The predicted molar refractivity (Wildman–Crippen MR) is 67.1 cm³/mol. The van der Waals surface area contributed by atoms with Crippen LogP contribution in [0.3, 0.4) is 0 Å². The molecule has 98 valence electrons. The van der Waals surface area contributed by atoms with E-state index < -0.39 is 4.92 Å². The number of nitrogens with one attached hydrogen (secondary N) is 1. The topological polar surface area (TPSA) is 114 Å². The molecule has 0 saturated heterocycles. The van der Waals surface area contributed by atoms with Gasteiger partial charge in [-0.05, 0) is 0 Å². The minimum Gasteiger partial charge on any atom is -0.383 e. The molecule has 0 spiro atoms. The molecular weight excluding hydrogens is 238 g/mol. The highest BCUT2D eigenvalue weighted by atomic mass is 16.6. The van der Waals surface area contributed by atoms with Crippen LogP contribution >= 0.6 is 0 Å². The fourth-order valence-electron chi connectivity index (χ4n) is 1.25. The second-order valence-electron chi connectivity index (χ2n) is 3.86. The number of nitrogens with zero attached hydrogens (tertiary/aromatic N) is 3. The smallest absolute Gasteiger partial charge is 0.276 e. The van der Waals surface area contributed by atoms with Crippen molar-refractivity contribution in [2.45, 2.75) is 6.42 Å². The molecule has 0 radical (unpaired) electrons. The summed E-state index contributed by atoms with van der Waals surface area (Å²) in [5.74, 6) is 0.305. The lowest BCUT2D eigenvalue weighted by atomic mass is 10.3. The third kappa shape index (κ3) is 3.89. The number of anilines is 2. The molecular formula is C10H15N5O3. The highest BCUT2D eigenvalue weighted by Gasteiger charge is 2.10. The van der Waals surface area contributed by atoms with Gasteiger partial charge in [-0.25, -0.2) is 4.98 Å². The molecule has 1 aromatic rings. The average molecular weight is 253 g/mol. The van der Waals surface area contributed by atoms with Gasteiger partial charge >= 0.3 is 0 Å². The minimum absolute atomic E-state index is 0.0408. The Kier molecular flexibility index (Phi) is 4.41. The first-order valence-electron chi connectivity index (χ1n) is 5.26. The first-order valence-corrected chi connectivity index (χ1v) is 5.26. The van der Waals surface area contributed by atoms with Gasteiger partial charge in [0.1, 0.15) is 11.6 Å². The van der Waals surface area contributed by atoms with E-state index in [0.29, 0.717) is 6.54 Å². The van der Waals surface area contributed by atoms with Crippen LogP contribution in [-0.2, 0) is 4.79 Å². The van der Waals surface area contributed by atoms with E-state index in [-0.39, 0.29) is 29.7 Å². The summed E-state index contributed by atoms with van der Waals surface area (Å²) in [4.78, 5) is 26.7. The quantitative estimate of drug-likeness (QED) is 0.582. The molecule has 0 unspecified atom stereocenters. The van der Waals surface area contributed by atoms with Crippen LogP contribution in [0.25, 0.3) is 0 Å². The Balaban J connectivity index is 2.62. The molecule has 0 bridgehead atoms. The highest BCUT2D eigenvalue weighted by Crippen LogP contribution is 2.18. The number of nitrogens with two attached hydrogens (primary N) is 1. The Labute approximate surface area is 104 Å². The van der Waals surface area contributed by atoms with Crippen molar-refractivity contribution in [3.05, 3.63) is 22.2 Å². The van der Waals surface area contributed by atoms with E-state index in [1.807, 2.05) is 0 Å². The van der Waals surface area contributed by atoms with Crippen molar-refractivity contribution in [2.75, 3.05) is 31.7 Å². The van der Waals surface area contributed by atoms with Crippen LogP contribution in [0.2, 0.25) is 0 Å². The molecule has 0 aliphatic carbocycles. The van der Waals surface area contributed by atoms with E-state index in [0.717, 1.165) is 0 Å². The SMILES string of the molecule is CN(C)C(=O)CCNc1cc([N+](=O)[O-])cc(N)n1. The van der Waals surface area contributed by atoms with Gasteiger partial charge in [0.15, 0.2) is 0 Å². The van der Waals surface area contributed by atoms with Crippen molar-refractivity contribution in [3.8, 4) is 0 Å². The molecule has 0 saturated carbocycles. The largest absolute Gasteiger partial charge is 0.383 e. The molecule has 3 N–H and O–H groups in total. The van der Waals surface area contributed by atoms with E-state index in [2.05, 4.69) is 10.3 Å². The van der Waals surface area contributed by atoms with Crippen LogP contribution in [0.5, 0.6) is 0 Å². The van der Waals surface area contributed by atoms with Gasteiger partial charge in [-0.2, -0.15) is 0 Å². The predicted octanol–water partition coefficient (Wildman–Crippen LogP) is 0.462. The zero-order valence-electron chi connectivity index (χ0n) is 10.2. The molecule has 1 rings (SSSR count). The standard InChI is InChI=1S/C10H15N5O3/c1-14(2)10(16)3-4-12-9-6-7(15(17)18)5-8(11)13-9/h5-6H,3-4H2,1-2H3,(H3,11,12,13). The maximum absolute atomic E-state index is 11.3. The summed E-state index contributed by atoms with van der Waals surface area (Å²) in [6, 6.07) is 2.45. The second-order valence-corrected chi connectivity index (χ2v) is 3.86. The van der Waals surface area contributed by atoms with Crippen molar-refractivity contribution in [1.29, 1.82) is 0 Å². The Morgan fingerprint density at radius 2 is 2.22 bits per heavy atom.